The molecule has 0 saturated carbocycles. The van der Waals surface area contributed by atoms with Crippen LogP contribution >= 0.6 is 0 Å². The summed E-state index contributed by atoms with van der Waals surface area (Å²) in [5.41, 5.74) is -0.148. The van der Waals surface area contributed by atoms with Gasteiger partial charge in [-0.1, -0.05) is 44.9 Å². The van der Waals surface area contributed by atoms with E-state index in [1.807, 2.05) is 32.0 Å². The third-order valence-corrected chi connectivity index (χ3v) is 3.85. The van der Waals surface area contributed by atoms with Crippen LogP contribution < -0.4 is 10.6 Å². The highest BCUT2D eigenvalue weighted by Gasteiger charge is 2.29. The van der Waals surface area contributed by atoms with Gasteiger partial charge in [-0.25, -0.2) is 0 Å². The minimum atomic E-state index is -0.756. The van der Waals surface area contributed by atoms with Crippen LogP contribution in [-0.2, 0) is 4.79 Å². The summed E-state index contributed by atoms with van der Waals surface area (Å²) in [6, 6.07) is 11.3. The molecular formula is C19H27N3O2. The first-order valence-corrected chi connectivity index (χ1v) is 8.62. The molecule has 1 rings (SSSR count). The highest BCUT2D eigenvalue weighted by Crippen LogP contribution is 2.19. The van der Waals surface area contributed by atoms with E-state index in [4.69, 9.17) is 0 Å². The minimum Gasteiger partial charge on any atom is -0.352 e. The number of carbonyl (C=O) groups is 2. The van der Waals surface area contributed by atoms with Crippen molar-refractivity contribution in [2.24, 2.45) is 0 Å². The van der Waals surface area contributed by atoms with Crippen molar-refractivity contribution in [1.29, 1.82) is 5.26 Å². The molecule has 1 aromatic carbocycles. The monoisotopic (exact) mass is 329 g/mol. The summed E-state index contributed by atoms with van der Waals surface area (Å²) in [6.45, 7) is 4.45. The van der Waals surface area contributed by atoms with Gasteiger partial charge in [0, 0.05) is 18.5 Å². The maximum atomic E-state index is 12.1. The Morgan fingerprint density at radius 1 is 1.12 bits per heavy atom. The van der Waals surface area contributed by atoms with Crippen molar-refractivity contribution in [3.8, 4) is 6.07 Å². The standard InChI is InChI=1S/C19H27N3O2/c1-3-12-19(15-20,13-4-2)22-17(23)11-8-14-21-18(24)16-9-6-5-7-10-16/h5-7,9-10H,3-4,8,11-14H2,1-2H3,(H,21,24)(H,22,23). The van der Waals surface area contributed by atoms with E-state index in [1.165, 1.54) is 0 Å². The average molecular weight is 329 g/mol. The zero-order valence-electron chi connectivity index (χ0n) is 14.6. The van der Waals surface area contributed by atoms with Crippen molar-refractivity contribution in [2.45, 2.75) is 57.9 Å². The van der Waals surface area contributed by atoms with E-state index in [1.54, 1.807) is 12.1 Å². The lowest BCUT2D eigenvalue weighted by Crippen LogP contribution is -2.47. The smallest absolute Gasteiger partial charge is 0.251 e. The first-order valence-electron chi connectivity index (χ1n) is 8.62. The summed E-state index contributed by atoms with van der Waals surface area (Å²) in [5, 5.41) is 15.1. The molecule has 0 heterocycles. The number of nitriles is 1. The van der Waals surface area contributed by atoms with E-state index >= 15 is 0 Å². The number of carbonyl (C=O) groups excluding carboxylic acids is 2. The van der Waals surface area contributed by atoms with E-state index < -0.39 is 5.54 Å². The predicted octanol–water partition coefficient (Wildman–Crippen LogP) is 3.18. The summed E-state index contributed by atoms with van der Waals surface area (Å²) in [5.74, 6) is -0.272. The van der Waals surface area contributed by atoms with Crippen molar-refractivity contribution >= 4 is 11.8 Å². The molecule has 130 valence electrons. The number of rotatable bonds is 10. The summed E-state index contributed by atoms with van der Waals surface area (Å²) in [4.78, 5) is 24.0. The van der Waals surface area contributed by atoms with Gasteiger partial charge in [-0.2, -0.15) is 5.26 Å². The van der Waals surface area contributed by atoms with Crippen LogP contribution in [0.25, 0.3) is 0 Å². The lowest BCUT2D eigenvalue weighted by Gasteiger charge is -2.27. The summed E-state index contributed by atoms with van der Waals surface area (Å²) < 4.78 is 0. The van der Waals surface area contributed by atoms with Gasteiger partial charge in [0.25, 0.3) is 5.91 Å². The van der Waals surface area contributed by atoms with Gasteiger partial charge in [0.1, 0.15) is 5.54 Å². The number of nitrogens with zero attached hydrogens (tertiary/aromatic N) is 1. The van der Waals surface area contributed by atoms with Gasteiger partial charge >= 0.3 is 0 Å². The predicted molar refractivity (Wildman–Crippen MR) is 94.3 cm³/mol. The zero-order chi connectivity index (χ0) is 17.8. The number of nitrogens with one attached hydrogen (secondary N) is 2. The van der Waals surface area contributed by atoms with Gasteiger partial charge in [0.2, 0.25) is 5.91 Å². The van der Waals surface area contributed by atoms with Crippen molar-refractivity contribution in [3.63, 3.8) is 0 Å². The highest BCUT2D eigenvalue weighted by molar-refractivity contribution is 5.94. The van der Waals surface area contributed by atoms with Crippen molar-refractivity contribution in [1.82, 2.24) is 10.6 Å². The molecule has 0 bridgehead atoms. The van der Waals surface area contributed by atoms with E-state index in [0.29, 0.717) is 37.8 Å². The number of amides is 2. The van der Waals surface area contributed by atoms with Crippen LogP contribution in [-0.4, -0.2) is 23.9 Å². The van der Waals surface area contributed by atoms with Gasteiger partial charge < -0.3 is 10.6 Å². The SMILES string of the molecule is CCCC(C#N)(CCC)NC(=O)CCCNC(=O)c1ccccc1. The molecule has 0 atom stereocenters. The second kappa shape index (κ2) is 10.4. The first-order chi connectivity index (χ1) is 11.6. The fourth-order valence-corrected chi connectivity index (χ4v) is 2.72. The molecule has 5 heteroatoms. The molecule has 5 nitrogen and oxygen atoms in total. The zero-order valence-corrected chi connectivity index (χ0v) is 14.6. The summed E-state index contributed by atoms with van der Waals surface area (Å²) >= 11 is 0. The van der Waals surface area contributed by atoms with Gasteiger partial charge in [0.15, 0.2) is 0 Å². The molecule has 0 aliphatic carbocycles. The fourth-order valence-electron chi connectivity index (χ4n) is 2.72. The topological polar surface area (TPSA) is 82.0 Å². The Kier molecular flexibility index (Phi) is 8.56. The molecule has 24 heavy (non-hydrogen) atoms. The Morgan fingerprint density at radius 2 is 1.75 bits per heavy atom. The van der Waals surface area contributed by atoms with E-state index in [2.05, 4.69) is 16.7 Å². The highest BCUT2D eigenvalue weighted by atomic mass is 16.2. The van der Waals surface area contributed by atoms with Gasteiger partial charge in [-0.3, -0.25) is 9.59 Å². The van der Waals surface area contributed by atoms with Crippen molar-refractivity contribution in [3.05, 3.63) is 35.9 Å². The van der Waals surface area contributed by atoms with Crippen LogP contribution in [0.1, 0.15) is 62.7 Å². The molecule has 1 aromatic rings. The van der Waals surface area contributed by atoms with E-state index in [-0.39, 0.29) is 11.8 Å². The minimum absolute atomic E-state index is 0.132. The number of hydrogen-bond donors (Lipinski definition) is 2. The number of benzene rings is 1. The van der Waals surface area contributed by atoms with Gasteiger partial charge in [-0.15, -0.1) is 0 Å². The third kappa shape index (κ3) is 6.41. The molecule has 0 aromatic heterocycles. The normalized spacial score (nSPS) is 10.7. The summed E-state index contributed by atoms with van der Waals surface area (Å²) in [7, 11) is 0. The Bertz CT molecular complexity index is 558. The van der Waals surface area contributed by atoms with Crippen LogP contribution in [0, 0.1) is 11.3 Å². The van der Waals surface area contributed by atoms with Gasteiger partial charge in [-0.05, 0) is 31.4 Å². The largest absolute Gasteiger partial charge is 0.352 e. The van der Waals surface area contributed by atoms with E-state index in [0.717, 1.165) is 12.8 Å². The number of hydrogen-bond acceptors (Lipinski definition) is 3. The molecule has 0 radical (unpaired) electrons. The van der Waals surface area contributed by atoms with Crippen molar-refractivity contribution < 1.29 is 9.59 Å². The molecule has 0 spiro atoms. The Labute approximate surface area is 144 Å². The lowest BCUT2D eigenvalue weighted by atomic mass is 9.90. The fraction of sp³-hybridized carbons (Fsp3) is 0.526. The molecule has 2 N–H and O–H groups in total. The third-order valence-electron chi connectivity index (χ3n) is 3.85. The average Bonchev–Trinajstić information content (AvgIpc) is 2.59. The first kappa shape index (κ1) is 19.7. The Morgan fingerprint density at radius 3 is 2.29 bits per heavy atom. The maximum absolute atomic E-state index is 12.1. The second-order valence-corrected chi connectivity index (χ2v) is 5.97. The Balaban J connectivity index is 2.37. The molecular weight excluding hydrogens is 302 g/mol. The Hall–Kier alpha value is -2.35. The van der Waals surface area contributed by atoms with E-state index in [9.17, 15) is 14.9 Å². The van der Waals surface area contributed by atoms with Crippen LogP contribution in [0.3, 0.4) is 0 Å². The lowest BCUT2D eigenvalue weighted by molar-refractivity contribution is -0.122. The molecule has 0 fully saturated rings. The van der Waals surface area contributed by atoms with Crippen LogP contribution in [0.4, 0.5) is 0 Å². The van der Waals surface area contributed by atoms with Gasteiger partial charge in [0.05, 0.1) is 6.07 Å². The van der Waals surface area contributed by atoms with Crippen LogP contribution in [0.5, 0.6) is 0 Å². The molecule has 0 unspecified atom stereocenters. The van der Waals surface area contributed by atoms with Crippen molar-refractivity contribution in [2.75, 3.05) is 6.54 Å². The quantitative estimate of drug-likeness (QED) is 0.647. The molecule has 0 aliphatic heterocycles. The summed E-state index contributed by atoms with van der Waals surface area (Å²) in [6.07, 6.45) is 3.86. The molecule has 2 amide bonds. The maximum Gasteiger partial charge on any atom is 0.251 e. The second-order valence-electron chi connectivity index (χ2n) is 5.97. The van der Waals surface area contributed by atoms with Crippen LogP contribution in [0.15, 0.2) is 30.3 Å². The molecule has 0 aliphatic rings. The molecule has 0 saturated heterocycles. The van der Waals surface area contributed by atoms with Crippen LogP contribution in [0.2, 0.25) is 0 Å².